The van der Waals surface area contributed by atoms with Gasteiger partial charge in [0.2, 0.25) is 0 Å². The first-order chi connectivity index (χ1) is 23.2. The van der Waals surface area contributed by atoms with Crippen LogP contribution in [0.15, 0.2) is 24.3 Å². The number of esters is 2. The lowest BCUT2D eigenvalue weighted by Gasteiger charge is -2.18. The van der Waals surface area contributed by atoms with Crippen LogP contribution in [0.2, 0.25) is 0 Å². The summed E-state index contributed by atoms with van der Waals surface area (Å²) in [7, 11) is -4.77. The number of allylic oxidation sites excluding steroid dienone is 4. The number of ketones is 1. The molecule has 0 amide bonds. The summed E-state index contributed by atoms with van der Waals surface area (Å²) in [6.45, 7) is 3.53. The van der Waals surface area contributed by atoms with Crippen LogP contribution in [0.5, 0.6) is 0 Å². The number of hydrogen-bond donors (Lipinski definition) is 2. The second-order valence-corrected chi connectivity index (χ2v) is 14.2. The Bertz CT molecular complexity index is 897. The van der Waals surface area contributed by atoms with Gasteiger partial charge in [-0.2, -0.15) is 0 Å². The molecule has 0 aromatic carbocycles. The van der Waals surface area contributed by atoms with E-state index in [1.54, 1.807) is 6.08 Å². The lowest BCUT2D eigenvalue weighted by molar-refractivity contribution is -0.161. The normalized spacial score (nSPS) is 12.6. The van der Waals surface area contributed by atoms with E-state index in [1.165, 1.54) is 83.5 Å². The average Bonchev–Trinajstić information content (AvgIpc) is 3.04. The van der Waals surface area contributed by atoms with Crippen molar-refractivity contribution in [3.05, 3.63) is 24.3 Å². The highest BCUT2D eigenvalue weighted by molar-refractivity contribution is 7.46. The van der Waals surface area contributed by atoms with E-state index in [-0.39, 0.29) is 25.2 Å². The average molecular weight is 701 g/mol. The van der Waals surface area contributed by atoms with Crippen molar-refractivity contribution in [2.45, 2.75) is 187 Å². The quantitative estimate of drug-likeness (QED) is 0.0217. The van der Waals surface area contributed by atoms with Gasteiger partial charge >= 0.3 is 19.8 Å². The third-order valence-electron chi connectivity index (χ3n) is 8.20. The fourth-order valence-electron chi connectivity index (χ4n) is 5.30. The third kappa shape index (κ3) is 35.5. The first-order valence-electron chi connectivity index (χ1n) is 19.1. The minimum atomic E-state index is -4.77. The molecule has 9 nitrogen and oxygen atoms in total. The maximum Gasteiger partial charge on any atom is 0.469 e. The SMILES string of the molecule is CCCCC/C=C\C=C\C(=O)CCCCCCCC(=O)OC[C@H](COP(=O)(O)O)OC(=O)CCCCCCCCCCCCCCCC. The Labute approximate surface area is 292 Å². The molecule has 0 aliphatic carbocycles. The number of carbonyl (C=O) groups excluding carboxylic acids is 3. The molecule has 0 spiro atoms. The Morgan fingerprint density at radius 1 is 0.583 bits per heavy atom. The van der Waals surface area contributed by atoms with Crippen LogP contribution < -0.4 is 0 Å². The summed E-state index contributed by atoms with van der Waals surface area (Å²) in [4.78, 5) is 54.6. The van der Waals surface area contributed by atoms with Crippen LogP contribution in [0.3, 0.4) is 0 Å². The van der Waals surface area contributed by atoms with Crippen LogP contribution in [0.1, 0.15) is 181 Å². The van der Waals surface area contributed by atoms with Crippen LogP contribution in [0.4, 0.5) is 0 Å². The summed E-state index contributed by atoms with van der Waals surface area (Å²) in [5, 5.41) is 0. The molecule has 0 fully saturated rings. The predicted octanol–water partition coefficient (Wildman–Crippen LogP) is 10.4. The Kier molecular flexibility index (Phi) is 32.4. The van der Waals surface area contributed by atoms with Gasteiger partial charge in [-0.1, -0.05) is 148 Å². The number of phosphoric acid groups is 1. The number of phosphoric ester groups is 1. The smallest absolute Gasteiger partial charge is 0.462 e. The molecule has 48 heavy (non-hydrogen) atoms. The van der Waals surface area contributed by atoms with Crippen molar-refractivity contribution in [2.24, 2.45) is 0 Å². The van der Waals surface area contributed by atoms with E-state index in [4.69, 9.17) is 19.3 Å². The van der Waals surface area contributed by atoms with Gasteiger partial charge in [-0.05, 0) is 38.2 Å². The molecule has 1 atom stereocenters. The topological polar surface area (TPSA) is 136 Å². The second kappa shape index (κ2) is 33.7. The molecule has 0 unspecified atom stereocenters. The number of hydrogen-bond acceptors (Lipinski definition) is 7. The second-order valence-electron chi connectivity index (χ2n) is 12.9. The highest BCUT2D eigenvalue weighted by atomic mass is 31.2. The Hall–Kier alpha value is -1.80. The van der Waals surface area contributed by atoms with Gasteiger partial charge in [-0.3, -0.25) is 18.9 Å². The van der Waals surface area contributed by atoms with Crippen LogP contribution in [-0.2, 0) is 32.9 Å². The van der Waals surface area contributed by atoms with E-state index in [1.807, 2.05) is 12.2 Å². The minimum absolute atomic E-state index is 0.120. The van der Waals surface area contributed by atoms with E-state index in [2.05, 4.69) is 24.4 Å². The van der Waals surface area contributed by atoms with Crippen molar-refractivity contribution in [2.75, 3.05) is 13.2 Å². The van der Waals surface area contributed by atoms with Crippen molar-refractivity contribution < 1.29 is 42.7 Å². The molecule has 0 rings (SSSR count). The van der Waals surface area contributed by atoms with E-state index in [9.17, 15) is 18.9 Å². The maximum absolute atomic E-state index is 12.4. The van der Waals surface area contributed by atoms with Crippen molar-refractivity contribution in [1.29, 1.82) is 0 Å². The summed E-state index contributed by atoms with van der Waals surface area (Å²) < 4.78 is 26.2. The van der Waals surface area contributed by atoms with Gasteiger partial charge in [0, 0.05) is 19.3 Å². The van der Waals surface area contributed by atoms with Gasteiger partial charge in [0.05, 0.1) is 6.61 Å². The van der Waals surface area contributed by atoms with Gasteiger partial charge in [0.15, 0.2) is 11.9 Å². The highest BCUT2D eigenvalue weighted by Crippen LogP contribution is 2.36. The molecule has 0 saturated heterocycles. The summed E-state index contributed by atoms with van der Waals surface area (Å²) in [6.07, 6.45) is 32.9. The Balaban J connectivity index is 4.04. The Morgan fingerprint density at radius 3 is 1.56 bits per heavy atom. The van der Waals surface area contributed by atoms with Gasteiger partial charge in [0.1, 0.15) is 6.61 Å². The largest absolute Gasteiger partial charge is 0.469 e. The van der Waals surface area contributed by atoms with E-state index >= 15 is 0 Å². The van der Waals surface area contributed by atoms with Crippen molar-refractivity contribution in [3.8, 4) is 0 Å². The molecule has 0 aromatic heterocycles. The summed E-state index contributed by atoms with van der Waals surface area (Å²) in [6, 6.07) is 0. The lowest BCUT2D eigenvalue weighted by atomic mass is 10.0. The third-order valence-corrected chi connectivity index (χ3v) is 8.68. The van der Waals surface area contributed by atoms with Crippen LogP contribution in [0.25, 0.3) is 0 Å². The molecule has 0 aliphatic rings. The monoisotopic (exact) mass is 700 g/mol. The Morgan fingerprint density at radius 2 is 1.04 bits per heavy atom. The molecule has 2 N–H and O–H groups in total. The molecular formula is C38H69O9P. The predicted molar refractivity (Wildman–Crippen MR) is 194 cm³/mol. The fraction of sp³-hybridized carbons (Fsp3) is 0.816. The molecule has 0 saturated carbocycles. The zero-order valence-corrected chi connectivity index (χ0v) is 31.3. The number of unbranched alkanes of at least 4 members (excludes halogenated alkanes) is 20. The molecule has 10 heteroatoms. The summed E-state index contributed by atoms with van der Waals surface area (Å²) in [5.41, 5.74) is 0. The standard InChI is InChI=1S/C38H69O9P/c1-3-5-7-9-11-12-13-14-15-16-17-19-23-28-32-38(41)47-36(34-46-48(42,43)44)33-45-37(40)31-27-24-20-22-26-30-35(39)29-25-21-18-10-8-6-4-2/h18,21,25,29,36H,3-17,19-20,22-24,26-28,30-34H2,1-2H3,(H2,42,43,44)/b21-18-,29-25+/t36-/m1/s1. The lowest BCUT2D eigenvalue weighted by Crippen LogP contribution is -2.29. The van der Waals surface area contributed by atoms with Crippen LogP contribution in [-0.4, -0.2) is 46.8 Å². The van der Waals surface area contributed by atoms with E-state index < -0.39 is 32.5 Å². The van der Waals surface area contributed by atoms with Crippen LogP contribution >= 0.6 is 7.82 Å². The first kappa shape index (κ1) is 46.2. The molecule has 280 valence electrons. The fourth-order valence-corrected chi connectivity index (χ4v) is 5.66. The maximum atomic E-state index is 12.4. The summed E-state index contributed by atoms with van der Waals surface area (Å²) in [5.74, 6) is -0.853. The summed E-state index contributed by atoms with van der Waals surface area (Å²) >= 11 is 0. The zero-order valence-electron chi connectivity index (χ0n) is 30.4. The zero-order chi connectivity index (χ0) is 35.6. The van der Waals surface area contributed by atoms with Gasteiger partial charge < -0.3 is 19.3 Å². The van der Waals surface area contributed by atoms with Gasteiger partial charge in [-0.15, -0.1) is 0 Å². The number of ether oxygens (including phenoxy) is 2. The number of carbonyl (C=O) groups is 3. The molecule has 0 aliphatic heterocycles. The number of rotatable bonds is 35. The van der Waals surface area contributed by atoms with Crippen molar-refractivity contribution in [1.82, 2.24) is 0 Å². The van der Waals surface area contributed by atoms with Gasteiger partial charge in [-0.25, -0.2) is 4.57 Å². The minimum Gasteiger partial charge on any atom is -0.462 e. The molecule has 0 aromatic rings. The molecule has 0 heterocycles. The highest BCUT2D eigenvalue weighted by Gasteiger charge is 2.22. The van der Waals surface area contributed by atoms with Crippen LogP contribution in [0, 0.1) is 0 Å². The van der Waals surface area contributed by atoms with Crippen molar-refractivity contribution in [3.63, 3.8) is 0 Å². The van der Waals surface area contributed by atoms with Gasteiger partial charge in [0.25, 0.3) is 0 Å². The van der Waals surface area contributed by atoms with E-state index in [0.29, 0.717) is 19.3 Å². The molecule has 0 radical (unpaired) electrons. The van der Waals surface area contributed by atoms with Crippen molar-refractivity contribution >= 4 is 25.5 Å². The first-order valence-corrected chi connectivity index (χ1v) is 20.6. The molecule has 0 bridgehead atoms. The van der Waals surface area contributed by atoms with E-state index in [0.717, 1.165) is 51.4 Å². The molecular weight excluding hydrogens is 631 g/mol.